The molecule has 0 aliphatic carbocycles. The second-order valence-corrected chi connectivity index (χ2v) is 7.43. The lowest BCUT2D eigenvalue weighted by Crippen LogP contribution is -2.23. The lowest BCUT2D eigenvalue weighted by molar-refractivity contribution is -0.116. The molecular formula is C23H22N4O3. The number of amides is 1. The third kappa shape index (κ3) is 3.87. The Morgan fingerprint density at radius 3 is 2.53 bits per heavy atom. The maximum absolute atomic E-state index is 12.7. The average molecular weight is 402 g/mol. The average Bonchev–Trinajstić information content (AvgIpc) is 3.15. The van der Waals surface area contributed by atoms with Gasteiger partial charge in [0, 0.05) is 24.2 Å². The molecular weight excluding hydrogens is 380 g/mol. The number of rotatable bonds is 5. The topological polar surface area (TPSA) is 90.0 Å². The highest BCUT2D eigenvalue weighted by Crippen LogP contribution is 2.24. The SMILES string of the molecule is Cc1ccc(-c2noc3c(=O)n(CCC(=O)Nc4ccc(C)cc4C)cnc23)cc1. The van der Waals surface area contributed by atoms with Gasteiger partial charge in [0.05, 0.1) is 6.33 Å². The van der Waals surface area contributed by atoms with E-state index < -0.39 is 0 Å². The van der Waals surface area contributed by atoms with Crippen LogP contribution in [0.15, 0.2) is 58.1 Å². The van der Waals surface area contributed by atoms with Crippen LogP contribution in [0.2, 0.25) is 0 Å². The number of hydrogen-bond acceptors (Lipinski definition) is 5. The highest BCUT2D eigenvalue weighted by molar-refractivity contribution is 5.91. The lowest BCUT2D eigenvalue weighted by atomic mass is 10.1. The van der Waals surface area contributed by atoms with E-state index in [2.05, 4.69) is 15.5 Å². The Morgan fingerprint density at radius 1 is 1.07 bits per heavy atom. The first-order chi connectivity index (χ1) is 14.4. The predicted molar refractivity (Wildman–Crippen MR) is 115 cm³/mol. The number of anilines is 1. The van der Waals surface area contributed by atoms with Crippen LogP contribution in [-0.4, -0.2) is 20.6 Å². The van der Waals surface area contributed by atoms with E-state index in [-0.39, 0.29) is 30.0 Å². The highest BCUT2D eigenvalue weighted by Gasteiger charge is 2.16. The monoisotopic (exact) mass is 402 g/mol. The van der Waals surface area contributed by atoms with Crippen molar-refractivity contribution < 1.29 is 9.32 Å². The molecule has 2 aromatic heterocycles. The Balaban J connectivity index is 1.51. The van der Waals surface area contributed by atoms with Crippen molar-refractivity contribution in [2.24, 2.45) is 0 Å². The summed E-state index contributed by atoms with van der Waals surface area (Å²) < 4.78 is 6.66. The van der Waals surface area contributed by atoms with Crippen molar-refractivity contribution in [1.82, 2.24) is 14.7 Å². The van der Waals surface area contributed by atoms with Crippen molar-refractivity contribution in [2.45, 2.75) is 33.7 Å². The van der Waals surface area contributed by atoms with Gasteiger partial charge in [-0.3, -0.25) is 14.2 Å². The van der Waals surface area contributed by atoms with E-state index >= 15 is 0 Å². The van der Waals surface area contributed by atoms with E-state index in [0.717, 1.165) is 27.9 Å². The minimum Gasteiger partial charge on any atom is -0.348 e. The number of benzene rings is 2. The van der Waals surface area contributed by atoms with E-state index in [9.17, 15) is 9.59 Å². The zero-order chi connectivity index (χ0) is 21.3. The van der Waals surface area contributed by atoms with Gasteiger partial charge in [0.2, 0.25) is 5.91 Å². The molecule has 4 aromatic rings. The molecule has 0 saturated heterocycles. The fourth-order valence-electron chi connectivity index (χ4n) is 3.30. The van der Waals surface area contributed by atoms with Crippen LogP contribution >= 0.6 is 0 Å². The molecule has 0 spiro atoms. The van der Waals surface area contributed by atoms with E-state index in [4.69, 9.17) is 4.52 Å². The Hall–Kier alpha value is -3.74. The minimum atomic E-state index is -0.356. The molecule has 7 nitrogen and oxygen atoms in total. The molecule has 0 bridgehead atoms. The van der Waals surface area contributed by atoms with Gasteiger partial charge >= 0.3 is 0 Å². The molecule has 4 rings (SSSR count). The van der Waals surface area contributed by atoms with Gasteiger partial charge in [-0.05, 0) is 32.4 Å². The number of hydrogen-bond donors (Lipinski definition) is 1. The smallest absolute Gasteiger partial charge is 0.299 e. The number of aryl methyl sites for hydroxylation is 4. The predicted octanol–water partition coefficient (Wildman–Crippen LogP) is 4.01. The summed E-state index contributed by atoms with van der Waals surface area (Å²) in [4.78, 5) is 29.4. The molecule has 0 unspecified atom stereocenters. The summed E-state index contributed by atoms with van der Waals surface area (Å²) in [5, 5.41) is 6.92. The summed E-state index contributed by atoms with van der Waals surface area (Å²) in [6.45, 7) is 6.14. The summed E-state index contributed by atoms with van der Waals surface area (Å²) in [5.41, 5.74) is 5.53. The van der Waals surface area contributed by atoms with Gasteiger partial charge in [0.15, 0.2) is 0 Å². The van der Waals surface area contributed by atoms with Gasteiger partial charge in [-0.1, -0.05) is 52.7 Å². The van der Waals surface area contributed by atoms with Gasteiger partial charge in [-0.15, -0.1) is 0 Å². The maximum Gasteiger partial charge on any atom is 0.299 e. The van der Waals surface area contributed by atoms with Crippen LogP contribution < -0.4 is 10.9 Å². The van der Waals surface area contributed by atoms with Crippen LogP contribution in [0.4, 0.5) is 5.69 Å². The van der Waals surface area contributed by atoms with E-state index in [1.807, 2.05) is 63.2 Å². The molecule has 1 N–H and O–H groups in total. The molecule has 152 valence electrons. The number of nitrogens with zero attached hydrogens (tertiary/aromatic N) is 3. The van der Waals surface area contributed by atoms with Crippen LogP contribution in [-0.2, 0) is 11.3 Å². The summed E-state index contributed by atoms with van der Waals surface area (Å²) in [6.07, 6.45) is 1.57. The third-order valence-corrected chi connectivity index (χ3v) is 5.01. The summed E-state index contributed by atoms with van der Waals surface area (Å²) in [5.74, 6) is -0.174. The maximum atomic E-state index is 12.7. The first-order valence-corrected chi connectivity index (χ1v) is 9.71. The summed E-state index contributed by atoms with van der Waals surface area (Å²) in [6, 6.07) is 13.6. The van der Waals surface area contributed by atoms with Crippen LogP contribution in [0.5, 0.6) is 0 Å². The Morgan fingerprint density at radius 2 is 1.80 bits per heavy atom. The first-order valence-electron chi connectivity index (χ1n) is 9.71. The molecule has 0 radical (unpaired) electrons. The van der Waals surface area contributed by atoms with Gasteiger partial charge < -0.3 is 9.84 Å². The number of carbonyl (C=O) groups excluding carboxylic acids is 1. The highest BCUT2D eigenvalue weighted by atomic mass is 16.5. The number of aromatic nitrogens is 3. The standard InChI is InChI=1S/C23H22N4O3/c1-14-4-7-17(8-5-14)20-21-22(30-26-20)23(29)27(13-24-21)11-10-19(28)25-18-9-6-15(2)12-16(18)3/h4-9,12-13H,10-11H2,1-3H3,(H,25,28). The van der Waals surface area contributed by atoms with Crippen molar-refractivity contribution in [3.63, 3.8) is 0 Å². The summed E-state index contributed by atoms with van der Waals surface area (Å²) >= 11 is 0. The second kappa shape index (κ2) is 7.94. The molecule has 0 atom stereocenters. The zero-order valence-corrected chi connectivity index (χ0v) is 17.1. The molecule has 1 amide bonds. The van der Waals surface area contributed by atoms with Crippen LogP contribution in [0.1, 0.15) is 23.1 Å². The van der Waals surface area contributed by atoms with Gasteiger partial charge in [0.25, 0.3) is 11.1 Å². The number of fused-ring (bicyclic) bond motifs is 1. The Labute approximate surface area is 173 Å². The van der Waals surface area contributed by atoms with E-state index in [1.165, 1.54) is 10.9 Å². The largest absolute Gasteiger partial charge is 0.348 e. The number of nitrogens with one attached hydrogen (secondary N) is 1. The van der Waals surface area contributed by atoms with Crippen LogP contribution in [0, 0.1) is 20.8 Å². The Kier molecular flexibility index (Phi) is 5.18. The molecule has 2 aromatic carbocycles. The minimum absolute atomic E-state index is 0.0860. The number of carbonyl (C=O) groups is 1. The molecule has 0 saturated carbocycles. The first kappa shape index (κ1) is 19.6. The summed E-state index contributed by atoms with van der Waals surface area (Å²) in [7, 11) is 0. The molecule has 7 heteroatoms. The van der Waals surface area contributed by atoms with Crippen molar-refractivity contribution in [3.05, 3.63) is 75.8 Å². The lowest BCUT2D eigenvalue weighted by Gasteiger charge is -2.09. The van der Waals surface area contributed by atoms with E-state index in [1.54, 1.807) is 0 Å². The fraction of sp³-hybridized carbons (Fsp3) is 0.217. The van der Waals surface area contributed by atoms with Gasteiger partial charge in [-0.25, -0.2) is 4.98 Å². The van der Waals surface area contributed by atoms with Gasteiger partial charge in [-0.2, -0.15) is 0 Å². The molecule has 30 heavy (non-hydrogen) atoms. The molecule has 0 aliphatic heterocycles. The molecule has 0 aliphatic rings. The van der Waals surface area contributed by atoms with Crippen LogP contribution in [0.3, 0.4) is 0 Å². The van der Waals surface area contributed by atoms with Crippen LogP contribution in [0.25, 0.3) is 22.4 Å². The second-order valence-electron chi connectivity index (χ2n) is 7.43. The zero-order valence-electron chi connectivity index (χ0n) is 17.1. The normalized spacial score (nSPS) is 11.0. The van der Waals surface area contributed by atoms with Crippen molar-refractivity contribution in [3.8, 4) is 11.3 Å². The van der Waals surface area contributed by atoms with E-state index in [0.29, 0.717) is 11.2 Å². The third-order valence-electron chi connectivity index (χ3n) is 5.01. The van der Waals surface area contributed by atoms with Gasteiger partial charge in [0.1, 0.15) is 11.2 Å². The fourth-order valence-corrected chi connectivity index (χ4v) is 3.30. The molecule has 2 heterocycles. The Bertz CT molecular complexity index is 1290. The van der Waals surface area contributed by atoms with Crippen molar-refractivity contribution in [1.29, 1.82) is 0 Å². The van der Waals surface area contributed by atoms with Crippen molar-refractivity contribution in [2.75, 3.05) is 5.32 Å². The van der Waals surface area contributed by atoms with Crippen molar-refractivity contribution >= 4 is 22.7 Å². The molecule has 0 fully saturated rings. The quantitative estimate of drug-likeness (QED) is 0.545.